The summed E-state index contributed by atoms with van der Waals surface area (Å²) in [5, 5.41) is 2.94. The van der Waals surface area contributed by atoms with Crippen LogP contribution in [0.25, 0.3) is 32.9 Å². The molecule has 2 amide bonds. The summed E-state index contributed by atoms with van der Waals surface area (Å²) in [7, 11) is 0. The van der Waals surface area contributed by atoms with Gasteiger partial charge in [-0.15, -0.1) is 5.12 Å². The largest absolute Gasteiger partial charge is 0.461 e. The minimum absolute atomic E-state index is 0.0000209. The Labute approximate surface area is 334 Å². The number of piperidine rings is 1. The Kier molecular flexibility index (Phi) is 11.1. The highest BCUT2D eigenvalue weighted by Crippen LogP contribution is 2.43. The maximum Gasteiger partial charge on any atom is 0.443 e. The molecule has 2 aromatic heterocycles. The summed E-state index contributed by atoms with van der Waals surface area (Å²) in [6, 6.07) is 4.81. The van der Waals surface area contributed by atoms with E-state index in [1.807, 2.05) is 4.90 Å². The molecule has 9 rings (SSSR count). The number of carbonyl (C=O) groups excluding carboxylic acids is 2. The lowest BCUT2D eigenvalue weighted by Crippen LogP contribution is -2.60. The molecule has 6 bridgehead atoms. The van der Waals surface area contributed by atoms with Crippen molar-refractivity contribution in [2.75, 3.05) is 57.4 Å². The Morgan fingerprint density at radius 1 is 1.14 bits per heavy atom. The molecule has 7 heterocycles. The summed E-state index contributed by atoms with van der Waals surface area (Å²) in [6.45, 7) is 2.24. The second-order valence-corrected chi connectivity index (χ2v) is 15.9. The Hall–Kier alpha value is -5.17. The third-order valence-electron chi connectivity index (χ3n) is 11.4. The van der Waals surface area contributed by atoms with Gasteiger partial charge >= 0.3 is 18.2 Å². The molecule has 3 saturated heterocycles. The fourth-order valence-electron chi connectivity index (χ4n) is 8.97. The third kappa shape index (κ3) is 8.22. The number of alkyl carbamates (subject to hydrolysis) is 1. The van der Waals surface area contributed by atoms with Gasteiger partial charge in [-0.05, 0) is 80.6 Å². The number of aromatic nitrogens is 3. The molecule has 5 atom stereocenters. The average molecular weight is 832 g/mol. The van der Waals surface area contributed by atoms with Crippen molar-refractivity contribution in [3.8, 4) is 23.0 Å². The number of anilines is 1. The minimum atomic E-state index is -1.70. The first kappa shape index (κ1) is 40.6. The van der Waals surface area contributed by atoms with Gasteiger partial charge in [0.05, 0.1) is 42.8 Å². The van der Waals surface area contributed by atoms with E-state index in [2.05, 4.69) is 25.0 Å². The van der Waals surface area contributed by atoms with E-state index in [1.54, 1.807) is 11.8 Å². The van der Waals surface area contributed by atoms with E-state index in [0.717, 1.165) is 19.4 Å². The first-order chi connectivity index (χ1) is 28.2. The molecular weight excluding hydrogens is 788 g/mol. The van der Waals surface area contributed by atoms with Crippen molar-refractivity contribution in [2.45, 2.75) is 82.2 Å². The molecule has 5 aliphatic rings. The van der Waals surface area contributed by atoms with Gasteiger partial charge in [0.25, 0.3) is 0 Å². The zero-order valence-corrected chi connectivity index (χ0v) is 32.4. The number of ether oxygens (including phenoxy) is 4. The predicted molar refractivity (Wildman–Crippen MR) is 202 cm³/mol. The van der Waals surface area contributed by atoms with Crippen LogP contribution in [0.2, 0.25) is 0 Å². The number of nitrogens with one attached hydrogen (secondary N) is 1. The van der Waals surface area contributed by atoms with Crippen molar-refractivity contribution in [1.82, 2.24) is 30.3 Å². The number of nitrogens with zero attached hydrogens (tertiary/aromatic N) is 6. The monoisotopic (exact) mass is 831 g/mol. The van der Waals surface area contributed by atoms with Gasteiger partial charge in [0.2, 0.25) is 0 Å². The molecule has 2 aromatic carbocycles. The summed E-state index contributed by atoms with van der Waals surface area (Å²) in [4.78, 5) is 43.1. The van der Waals surface area contributed by atoms with Crippen LogP contribution in [0, 0.1) is 11.6 Å². The van der Waals surface area contributed by atoms with Gasteiger partial charge in [0, 0.05) is 37.7 Å². The van der Waals surface area contributed by atoms with Crippen LogP contribution in [0.3, 0.4) is 0 Å². The van der Waals surface area contributed by atoms with Crippen LogP contribution in [-0.2, 0) is 15.9 Å². The maximum atomic E-state index is 17.4. The van der Waals surface area contributed by atoms with Crippen LogP contribution in [-0.4, -0.2) is 119 Å². The lowest BCUT2D eigenvalue weighted by atomic mass is 9.90. The molecule has 0 radical (unpaired) electrons. The molecule has 4 aromatic rings. The maximum absolute atomic E-state index is 17.4. The van der Waals surface area contributed by atoms with E-state index in [4.69, 9.17) is 14.2 Å². The number of hydrogen-bond acceptors (Lipinski definition) is 11. The number of rotatable bonds is 8. The van der Waals surface area contributed by atoms with E-state index in [1.165, 1.54) is 24.4 Å². The van der Waals surface area contributed by atoms with E-state index >= 15 is 13.2 Å². The van der Waals surface area contributed by atoms with E-state index < -0.39 is 66.8 Å². The first-order valence-electron chi connectivity index (χ1n) is 19.6. The molecule has 0 aliphatic carbocycles. The molecule has 5 aliphatic heterocycles. The average Bonchev–Trinajstić information content (AvgIpc) is 3.70. The van der Waals surface area contributed by atoms with Crippen molar-refractivity contribution >= 4 is 39.7 Å². The van der Waals surface area contributed by atoms with Gasteiger partial charge in [-0.2, -0.15) is 9.97 Å². The molecule has 19 heteroatoms. The molecule has 316 valence electrons. The van der Waals surface area contributed by atoms with Crippen LogP contribution >= 0.6 is 0 Å². The van der Waals surface area contributed by atoms with Crippen LogP contribution in [0.1, 0.15) is 51.5 Å². The number of pyridine rings is 1. The van der Waals surface area contributed by atoms with Crippen LogP contribution in [0.4, 0.5) is 41.8 Å². The first-order valence-corrected chi connectivity index (χ1v) is 19.6. The molecule has 13 nitrogen and oxygen atoms in total. The van der Waals surface area contributed by atoms with Gasteiger partial charge < -0.3 is 29.2 Å². The minimum Gasteiger partial charge on any atom is -0.461 e. The van der Waals surface area contributed by atoms with Crippen LogP contribution in [0.5, 0.6) is 11.8 Å². The smallest absolute Gasteiger partial charge is 0.443 e. The zero-order chi connectivity index (χ0) is 41.6. The van der Waals surface area contributed by atoms with E-state index in [9.17, 15) is 22.9 Å². The zero-order valence-electron chi connectivity index (χ0n) is 32.4. The Morgan fingerprint density at radius 2 is 1.95 bits per heavy atom. The van der Waals surface area contributed by atoms with Gasteiger partial charge in [0.1, 0.15) is 47.5 Å². The quantitative estimate of drug-likeness (QED) is 0.145. The van der Waals surface area contributed by atoms with Crippen molar-refractivity contribution in [3.05, 3.63) is 47.7 Å². The van der Waals surface area contributed by atoms with Gasteiger partial charge in [-0.25, -0.2) is 31.5 Å². The van der Waals surface area contributed by atoms with Crippen LogP contribution < -0.4 is 19.7 Å². The highest BCUT2D eigenvalue weighted by molar-refractivity contribution is 6.02. The number of halogens is 6. The number of amides is 2. The number of fused-ring (bicyclic) bond motifs is 7. The fourth-order valence-corrected chi connectivity index (χ4v) is 8.97. The predicted octanol–water partition coefficient (Wildman–Crippen LogP) is 7.08. The summed E-state index contributed by atoms with van der Waals surface area (Å²) >= 11 is 0. The summed E-state index contributed by atoms with van der Waals surface area (Å²) in [5.74, 6) is -1.89. The van der Waals surface area contributed by atoms with Gasteiger partial charge in [0.15, 0.2) is 12.2 Å². The highest BCUT2D eigenvalue weighted by Gasteiger charge is 2.49. The molecule has 59 heavy (non-hydrogen) atoms. The third-order valence-corrected chi connectivity index (χ3v) is 11.4. The topological polar surface area (TPSA) is 131 Å². The Morgan fingerprint density at radius 3 is 2.76 bits per heavy atom. The SMILES string of the molecule is CC(F)OCCN(F)C(=O)Oc1cc2c3c(c(F)ccc3c1)CCCOC(=O)N[C@]1(C)C[C@@H](F)CN(C1)c1nc(OC[C@@]34CCCN3C[C@H](F)C4)nc3c(F)c-2ncc13. The second kappa shape index (κ2) is 16.1. The fraction of sp³-hybridized carbons (Fsp3) is 0.525. The van der Waals surface area contributed by atoms with Crippen molar-refractivity contribution in [2.24, 2.45) is 0 Å². The molecular formula is C40H43F6N7O6. The highest BCUT2D eigenvalue weighted by atomic mass is 19.2. The number of benzene rings is 2. The molecule has 0 saturated carbocycles. The molecule has 3 fully saturated rings. The molecule has 1 unspecified atom stereocenters. The van der Waals surface area contributed by atoms with E-state index in [0.29, 0.717) is 13.0 Å². The van der Waals surface area contributed by atoms with Gasteiger partial charge in [-0.3, -0.25) is 9.88 Å². The number of hydrogen-bond donors (Lipinski definition) is 1. The number of aryl methyl sites for hydroxylation is 1. The normalized spacial score (nSPS) is 25.2. The Bertz CT molecular complexity index is 2270. The summed E-state index contributed by atoms with van der Waals surface area (Å²) in [5.41, 5.74) is -2.40. The van der Waals surface area contributed by atoms with Crippen molar-refractivity contribution in [3.63, 3.8) is 0 Å². The lowest BCUT2D eigenvalue weighted by Gasteiger charge is -2.42. The van der Waals surface area contributed by atoms with Crippen molar-refractivity contribution < 1.29 is 55.0 Å². The molecule has 0 spiro atoms. The Balaban J connectivity index is 1.28. The van der Waals surface area contributed by atoms with Gasteiger partial charge in [-0.1, -0.05) is 10.5 Å². The number of alkyl halides is 3. The molecule has 1 N–H and O–H groups in total. The summed E-state index contributed by atoms with van der Waals surface area (Å²) < 4.78 is 113. The van der Waals surface area contributed by atoms with Crippen LogP contribution in [0.15, 0.2) is 30.5 Å². The summed E-state index contributed by atoms with van der Waals surface area (Å²) in [6.07, 6.45) is -3.44. The second-order valence-electron chi connectivity index (χ2n) is 15.9. The standard InChI is InChI=1S/C40H43F6N7O6/c1-22(41)56-12-10-53(46)38(55)59-26-13-23-6-7-30(44)27-5-3-11-57-37(54)50-39(2)15-24(42)18-51(20-39)35-29-17-47-33(28(14-26)31(23)27)32(45)34(29)48-36(49-35)58-21-40-8-4-9-52(40)19-25(43)16-40/h6-7,13-14,17,22,24-25H,3-5,8-12,15-16,18-21H2,1-2H3,(H,50,54)/t22?,24-,25-,39-,40+/m1/s1. The van der Waals surface area contributed by atoms with E-state index in [-0.39, 0.29) is 120 Å². The number of carbonyl (C=O) groups is 2. The lowest BCUT2D eigenvalue weighted by molar-refractivity contribution is -0.0522. The van der Waals surface area contributed by atoms with Crippen molar-refractivity contribution in [1.29, 1.82) is 0 Å².